The number of methoxy groups -OCH3 is 3. The predicted molar refractivity (Wildman–Crippen MR) is 92.8 cm³/mol. The molecule has 0 spiro atoms. The maximum Gasteiger partial charge on any atom is 0.238 e. The van der Waals surface area contributed by atoms with Crippen molar-refractivity contribution in [2.75, 3.05) is 33.2 Å². The Kier molecular flexibility index (Phi) is 6.59. The number of nitrogens with one attached hydrogen (secondary N) is 2. The van der Waals surface area contributed by atoms with Gasteiger partial charge in [-0.05, 0) is 17.7 Å². The van der Waals surface area contributed by atoms with Gasteiger partial charge in [0, 0.05) is 24.4 Å². The van der Waals surface area contributed by atoms with Crippen molar-refractivity contribution >= 4 is 11.6 Å². The summed E-state index contributed by atoms with van der Waals surface area (Å²) in [7, 11) is 4.53. The van der Waals surface area contributed by atoms with Gasteiger partial charge in [-0.25, -0.2) is 4.39 Å². The summed E-state index contributed by atoms with van der Waals surface area (Å²) < 4.78 is 28.6. The van der Waals surface area contributed by atoms with E-state index in [0.717, 1.165) is 5.56 Å². The molecule has 0 bridgehead atoms. The quantitative estimate of drug-likeness (QED) is 0.767. The van der Waals surface area contributed by atoms with Gasteiger partial charge in [0.25, 0.3) is 0 Å². The zero-order valence-corrected chi connectivity index (χ0v) is 14.4. The zero-order valence-electron chi connectivity index (χ0n) is 14.4. The van der Waals surface area contributed by atoms with E-state index < -0.39 is 0 Å². The summed E-state index contributed by atoms with van der Waals surface area (Å²) in [4.78, 5) is 12.1. The minimum absolute atomic E-state index is 0.105. The fourth-order valence-corrected chi connectivity index (χ4v) is 2.28. The van der Waals surface area contributed by atoms with Crippen LogP contribution in [0.3, 0.4) is 0 Å². The average Bonchev–Trinajstić information content (AvgIpc) is 2.62. The molecule has 0 aliphatic rings. The lowest BCUT2D eigenvalue weighted by molar-refractivity contribution is -0.115. The zero-order chi connectivity index (χ0) is 18.2. The highest BCUT2D eigenvalue weighted by Crippen LogP contribution is 2.39. The largest absolute Gasteiger partial charge is 0.493 e. The molecule has 2 aromatic rings. The van der Waals surface area contributed by atoms with Gasteiger partial charge < -0.3 is 24.8 Å². The van der Waals surface area contributed by atoms with Crippen molar-refractivity contribution in [3.8, 4) is 17.2 Å². The number of halogens is 1. The molecule has 0 aliphatic carbocycles. The van der Waals surface area contributed by atoms with Gasteiger partial charge in [-0.2, -0.15) is 0 Å². The third kappa shape index (κ3) is 5.09. The number of hydrogen-bond donors (Lipinski definition) is 2. The molecule has 2 aromatic carbocycles. The molecule has 0 heterocycles. The Balaban J connectivity index is 1.94. The summed E-state index contributed by atoms with van der Waals surface area (Å²) in [6.07, 6.45) is 0. The Morgan fingerprint density at radius 1 is 1.00 bits per heavy atom. The van der Waals surface area contributed by atoms with Crippen molar-refractivity contribution < 1.29 is 23.4 Å². The van der Waals surface area contributed by atoms with Crippen molar-refractivity contribution in [3.63, 3.8) is 0 Å². The third-order valence-electron chi connectivity index (χ3n) is 3.48. The van der Waals surface area contributed by atoms with Crippen molar-refractivity contribution in [1.29, 1.82) is 0 Å². The number of ether oxygens (including phenoxy) is 3. The van der Waals surface area contributed by atoms with Gasteiger partial charge in [-0.15, -0.1) is 0 Å². The normalized spacial score (nSPS) is 10.2. The van der Waals surface area contributed by atoms with Gasteiger partial charge in [-0.1, -0.05) is 12.1 Å². The highest BCUT2D eigenvalue weighted by Gasteiger charge is 2.14. The van der Waals surface area contributed by atoms with Crippen LogP contribution < -0.4 is 24.8 Å². The second-order valence-corrected chi connectivity index (χ2v) is 5.19. The summed E-state index contributed by atoms with van der Waals surface area (Å²) in [5, 5.41) is 5.76. The Labute approximate surface area is 145 Å². The van der Waals surface area contributed by atoms with E-state index in [0.29, 0.717) is 29.5 Å². The van der Waals surface area contributed by atoms with Gasteiger partial charge in [0.1, 0.15) is 5.82 Å². The van der Waals surface area contributed by atoms with Gasteiger partial charge in [0.2, 0.25) is 11.7 Å². The molecule has 1 amide bonds. The Morgan fingerprint density at radius 2 is 1.60 bits per heavy atom. The van der Waals surface area contributed by atoms with Gasteiger partial charge in [-0.3, -0.25) is 4.79 Å². The van der Waals surface area contributed by atoms with E-state index in [1.165, 1.54) is 33.5 Å². The average molecular weight is 348 g/mol. The molecule has 0 unspecified atom stereocenters. The SMILES string of the molecule is COc1cc(NC(=O)CNCc2ccc(F)cc2)cc(OC)c1OC. The summed E-state index contributed by atoms with van der Waals surface area (Å²) in [5.74, 6) is 0.852. The van der Waals surface area contributed by atoms with E-state index in [9.17, 15) is 9.18 Å². The molecule has 134 valence electrons. The highest BCUT2D eigenvalue weighted by molar-refractivity contribution is 5.93. The lowest BCUT2D eigenvalue weighted by Gasteiger charge is -2.14. The molecule has 2 rings (SSSR count). The van der Waals surface area contributed by atoms with Crippen LogP contribution in [0.5, 0.6) is 17.2 Å². The smallest absolute Gasteiger partial charge is 0.238 e. The lowest BCUT2D eigenvalue weighted by atomic mass is 10.2. The number of hydrogen-bond acceptors (Lipinski definition) is 5. The maximum absolute atomic E-state index is 12.8. The van der Waals surface area contributed by atoms with Crippen LogP contribution >= 0.6 is 0 Å². The number of benzene rings is 2. The number of anilines is 1. The lowest BCUT2D eigenvalue weighted by Crippen LogP contribution is -2.27. The van der Waals surface area contributed by atoms with Gasteiger partial charge in [0.05, 0.1) is 27.9 Å². The minimum Gasteiger partial charge on any atom is -0.493 e. The fourth-order valence-electron chi connectivity index (χ4n) is 2.28. The van der Waals surface area contributed by atoms with Crippen LogP contribution in [0.4, 0.5) is 10.1 Å². The second-order valence-electron chi connectivity index (χ2n) is 5.19. The molecule has 0 saturated carbocycles. The Hall–Kier alpha value is -2.80. The second kappa shape index (κ2) is 8.89. The number of rotatable bonds is 8. The van der Waals surface area contributed by atoms with Crippen molar-refractivity contribution in [2.24, 2.45) is 0 Å². The summed E-state index contributed by atoms with van der Waals surface area (Å²) in [6.45, 7) is 0.566. The highest BCUT2D eigenvalue weighted by atomic mass is 19.1. The summed E-state index contributed by atoms with van der Waals surface area (Å²) in [5.41, 5.74) is 1.42. The Morgan fingerprint density at radius 3 is 2.12 bits per heavy atom. The molecule has 2 N–H and O–H groups in total. The first-order valence-electron chi connectivity index (χ1n) is 7.62. The molecule has 7 heteroatoms. The summed E-state index contributed by atoms with van der Waals surface area (Å²) >= 11 is 0. The van der Waals surface area contributed by atoms with E-state index in [2.05, 4.69) is 10.6 Å². The number of carbonyl (C=O) groups excluding carboxylic acids is 1. The van der Waals surface area contributed by atoms with Crippen molar-refractivity contribution in [3.05, 3.63) is 47.8 Å². The van der Waals surface area contributed by atoms with Crippen LogP contribution in [0.2, 0.25) is 0 Å². The maximum atomic E-state index is 12.8. The van der Waals surface area contributed by atoms with Gasteiger partial charge >= 0.3 is 0 Å². The third-order valence-corrected chi connectivity index (χ3v) is 3.48. The molecule has 0 aliphatic heterocycles. The molecule has 0 atom stereocenters. The topological polar surface area (TPSA) is 68.8 Å². The molecular formula is C18H21FN2O4. The van der Waals surface area contributed by atoms with Crippen molar-refractivity contribution in [2.45, 2.75) is 6.54 Å². The van der Waals surface area contributed by atoms with Crippen LogP contribution in [0.25, 0.3) is 0 Å². The van der Waals surface area contributed by atoms with Crippen LogP contribution in [-0.2, 0) is 11.3 Å². The molecule has 0 fully saturated rings. The van der Waals surface area contributed by atoms with Crippen LogP contribution in [0.15, 0.2) is 36.4 Å². The van der Waals surface area contributed by atoms with Crippen molar-refractivity contribution in [1.82, 2.24) is 5.32 Å². The monoisotopic (exact) mass is 348 g/mol. The number of carbonyl (C=O) groups is 1. The first kappa shape index (κ1) is 18.5. The van der Waals surface area contributed by atoms with E-state index in [1.807, 2.05) is 0 Å². The molecular weight excluding hydrogens is 327 g/mol. The first-order chi connectivity index (χ1) is 12.1. The van der Waals surface area contributed by atoms with E-state index in [4.69, 9.17) is 14.2 Å². The first-order valence-corrected chi connectivity index (χ1v) is 7.62. The molecule has 0 aromatic heterocycles. The van der Waals surface area contributed by atoms with E-state index in [1.54, 1.807) is 24.3 Å². The minimum atomic E-state index is -0.288. The van der Waals surface area contributed by atoms with Crippen LogP contribution in [0, 0.1) is 5.82 Å². The Bertz CT molecular complexity index is 695. The molecule has 25 heavy (non-hydrogen) atoms. The van der Waals surface area contributed by atoms with E-state index >= 15 is 0 Å². The van der Waals surface area contributed by atoms with Crippen LogP contribution in [-0.4, -0.2) is 33.8 Å². The molecule has 0 saturated heterocycles. The van der Waals surface area contributed by atoms with Crippen LogP contribution in [0.1, 0.15) is 5.56 Å². The number of amides is 1. The van der Waals surface area contributed by atoms with Gasteiger partial charge in [0.15, 0.2) is 11.5 Å². The summed E-state index contributed by atoms with van der Waals surface area (Å²) in [6, 6.07) is 9.40. The van der Waals surface area contributed by atoms with E-state index in [-0.39, 0.29) is 18.3 Å². The standard InChI is InChI=1S/C18H21FN2O4/c1-23-15-8-14(9-16(24-2)18(15)25-3)21-17(22)11-20-10-12-4-6-13(19)7-5-12/h4-9,20H,10-11H2,1-3H3,(H,21,22). The fraction of sp³-hybridized carbons (Fsp3) is 0.278. The molecule has 0 radical (unpaired) electrons. The molecule has 6 nitrogen and oxygen atoms in total. The predicted octanol–water partition coefficient (Wildman–Crippen LogP) is 2.58.